The van der Waals surface area contributed by atoms with Gasteiger partial charge in [0.05, 0.1) is 10.4 Å². The molecule has 1 fully saturated rings. The van der Waals surface area contributed by atoms with Crippen LogP contribution < -0.4 is 5.32 Å². The summed E-state index contributed by atoms with van der Waals surface area (Å²) in [4.78, 5) is 15.5. The molecule has 1 saturated carbocycles. The molecule has 31 heavy (non-hydrogen) atoms. The van der Waals surface area contributed by atoms with Crippen LogP contribution >= 0.6 is 11.6 Å². The number of aromatic nitrogens is 1. The van der Waals surface area contributed by atoms with Gasteiger partial charge in [-0.25, -0.2) is 12.4 Å². The number of amides is 1. The maximum Gasteiger partial charge on any atom is 0.271 e. The number of likely N-dealkylation sites (N-methyl/N-ethyl adjacent to an activating group) is 2. The highest BCUT2D eigenvalue weighted by Gasteiger charge is 2.34. The summed E-state index contributed by atoms with van der Waals surface area (Å²) in [5, 5.41) is 4.40. The molecule has 0 aliphatic heterocycles. The molecule has 4 rings (SSSR count). The maximum atomic E-state index is 13.6. The highest BCUT2D eigenvalue weighted by Crippen LogP contribution is 2.30. The van der Waals surface area contributed by atoms with Gasteiger partial charge in [-0.2, -0.15) is 0 Å². The van der Waals surface area contributed by atoms with Gasteiger partial charge in [0.1, 0.15) is 5.69 Å². The third-order valence-corrected chi connectivity index (χ3v) is 8.12. The molecule has 3 aromatic rings. The zero-order valence-electron chi connectivity index (χ0n) is 17.6. The van der Waals surface area contributed by atoms with Crippen LogP contribution in [0.1, 0.15) is 36.2 Å². The van der Waals surface area contributed by atoms with E-state index in [1.54, 1.807) is 54.4 Å². The molecular weight excluding hydrogens is 434 g/mol. The zero-order valence-corrected chi connectivity index (χ0v) is 19.2. The summed E-state index contributed by atoms with van der Waals surface area (Å²) in [6.07, 6.45) is 4.03. The van der Waals surface area contributed by atoms with E-state index in [9.17, 15) is 13.2 Å². The molecule has 1 aromatic heterocycles. The van der Waals surface area contributed by atoms with E-state index in [0.717, 1.165) is 29.7 Å². The van der Waals surface area contributed by atoms with Crippen molar-refractivity contribution in [1.29, 1.82) is 0 Å². The number of nitrogens with zero attached hydrogens (tertiary/aromatic N) is 2. The number of rotatable bonds is 5. The second kappa shape index (κ2) is 8.65. The van der Waals surface area contributed by atoms with Gasteiger partial charge in [0.15, 0.2) is 0 Å². The van der Waals surface area contributed by atoms with Crippen molar-refractivity contribution in [3.63, 3.8) is 0 Å². The molecule has 0 saturated heterocycles. The van der Waals surface area contributed by atoms with E-state index in [1.807, 2.05) is 7.05 Å². The number of nitrogens with one attached hydrogen (secondary N) is 1. The summed E-state index contributed by atoms with van der Waals surface area (Å²) in [5.41, 5.74) is 0.544. The summed E-state index contributed by atoms with van der Waals surface area (Å²) in [5.74, 6) is -0.320. The lowest BCUT2D eigenvalue weighted by Crippen LogP contribution is -2.51. The van der Waals surface area contributed by atoms with Crippen molar-refractivity contribution in [3.8, 4) is 0 Å². The summed E-state index contributed by atoms with van der Waals surface area (Å²) in [6.45, 7) is 0. The minimum Gasteiger partial charge on any atom is -0.336 e. The fourth-order valence-corrected chi connectivity index (χ4v) is 6.22. The minimum absolute atomic E-state index is 0.000676. The normalized spacial score (nSPS) is 19.5. The van der Waals surface area contributed by atoms with Crippen molar-refractivity contribution >= 4 is 38.4 Å². The van der Waals surface area contributed by atoms with Crippen LogP contribution in [-0.4, -0.2) is 49.4 Å². The first-order valence-corrected chi connectivity index (χ1v) is 12.2. The van der Waals surface area contributed by atoms with Gasteiger partial charge in [0.25, 0.3) is 15.9 Å². The predicted octanol–water partition coefficient (Wildman–Crippen LogP) is 4.13. The number of carbonyl (C=O) groups is 1. The number of benzene rings is 2. The van der Waals surface area contributed by atoms with E-state index < -0.39 is 10.0 Å². The second-order valence-electron chi connectivity index (χ2n) is 7.98. The summed E-state index contributed by atoms with van der Waals surface area (Å²) in [7, 11) is -0.324. The van der Waals surface area contributed by atoms with E-state index in [1.165, 1.54) is 12.1 Å². The Morgan fingerprint density at radius 2 is 1.81 bits per heavy atom. The Labute approximate surface area is 187 Å². The summed E-state index contributed by atoms with van der Waals surface area (Å²) >= 11 is 6.15. The average molecular weight is 460 g/mol. The second-order valence-corrected chi connectivity index (χ2v) is 10.2. The Balaban J connectivity index is 1.86. The first-order valence-electron chi connectivity index (χ1n) is 10.4. The highest BCUT2D eigenvalue weighted by molar-refractivity contribution is 7.90. The number of fused-ring (bicyclic) bond motifs is 1. The van der Waals surface area contributed by atoms with Crippen LogP contribution in [0.25, 0.3) is 10.9 Å². The fraction of sp³-hybridized carbons (Fsp3) is 0.348. The molecule has 2 atom stereocenters. The smallest absolute Gasteiger partial charge is 0.271 e. The van der Waals surface area contributed by atoms with Gasteiger partial charge in [-0.15, -0.1) is 0 Å². The zero-order chi connectivity index (χ0) is 22.2. The standard InChI is InChI=1S/C23H26ClN3O3S/c1-25-19-10-6-7-11-21(19)26(2)23(28)22-15-16-14-17(24)12-13-20(16)27(22)31(29,30)18-8-4-3-5-9-18/h3-5,8-9,12-15,19,21,25H,6-7,10-11H2,1-2H3. The Morgan fingerprint density at radius 1 is 1.10 bits per heavy atom. The van der Waals surface area contributed by atoms with Crippen molar-refractivity contribution in [3.05, 3.63) is 65.3 Å². The van der Waals surface area contributed by atoms with Gasteiger partial charge < -0.3 is 10.2 Å². The van der Waals surface area contributed by atoms with Gasteiger partial charge in [-0.3, -0.25) is 4.79 Å². The number of carbonyl (C=O) groups excluding carboxylic acids is 1. The van der Waals surface area contributed by atoms with Crippen molar-refractivity contribution in [2.24, 2.45) is 0 Å². The maximum absolute atomic E-state index is 13.6. The van der Waals surface area contributed by atoms with Gasteiger partial charge in [0, 0.05) is 29.5 Å². The van der Waals surface area contributed by atoms with E-state index in [-0.39, 0.29) is 28.6 Å². The molecular formula is C23H26ClN3O3S. The molecule has 164 valence electrons. The van der Waals surface area contributed by atoms with E-state index in [4.69, 9.17) is 11.6 Å². The van der Waals surface area contributed by atoms with Gasteiger partial charge in [0.2, 0.25) is 0 Å². The lowest BCUT2D eigenvalue weighted by molar-refractivity contribution is 0.0648. The predicted molar refractivity (Wildman–Crippen MR) is 123 cm³/mol. The third kappa shape index (κ3) is 3.97. The number of halogens is 1. The molecule has 0 spiro atoms. The highest BCUT2D eigenvalue weighted by atomic mass is 35.5. The van der Waals surface area contributed by atoms with E-state index in [2.05, 4.69) is 5.32 Å². The van der Waals surface area contributed by atoms with Crippen molar-refractivity contribution in [2.75, 3.05) is 14.1 Å². The number of hydrogen-bond acceptors (Lipinski definition) is 4. The molecule has 0 radical (unpaired) electrons. The topological polar surface area (TPSA) is 71.4 Å². The first kappa shape index (κ1) is 21.9. The fourth-order valence-electron chi connectivity index (χ4n) is 4.51. The molecule has 6 nitrogen and oxygen atoms in total. The Morgan fingerprint density at radius 3 is 2.52 bits per heavy atom. The average Bonchev–Trinajstić information content (AvgIpc) is 3.18. The van der Waals surface area contributed by atoms with Crippen molar-refractivity contribution in [2.45, 2.75) is 42.7 Å². The van der Waals surface area contributed by atoms with Gasteiger partial charge >= 0.3 is 0 Å². The van der Waals surface area contributed by atoms with Gasteiger partial charge in [-0.05, 0) is 56.3 Å². The molecule has 2 aromatic carbocycles. The molecule has 8 heteroatoms. The molecule has 1 amide bonds. The number of hydrogen-bond donors (Lipinski definition) is 1. The van der Waals surface area contributed by atoms with E-state index in [0.29, 0.717) is 15.9 Å². The molecule has 1 aliphatic rings. The summed E-state index contributed by atoms with van der Waals surface area (Å²) in [6, 6.07) is 14.9. The van der Waals surface area contributed by atoms with Crippen LogP contribution in [0.4, 0.5) is 0 Å². The minimum atomic E-state index is -3.98. The largest absolute Gasteiger partial charge is 0.336 e. The molecule has 1 heterocycles. The lowest BCUT2D eigenvalue weighted by atomic mass is 9.89. The van der Waals surface area contributed by atoms with Crippen LogP contribution in [0, 0.1) is 0 Å². The third-order valence-electron chi connectivity index (χ3n) is 6.14. The van der Waals surface area contributed by atoms with Crippen molar-refractivity contribution in [1.82, 2.24) is 14.2 Å². The Bertz CT molecular complexity index is 1210. The lowest BCUT2D eigenvalue weighted by Gasteiger charge is -2.38. The Kier molecular flexibility index (Phi) is 6.10. The molecule has 0 bridgehead atoms. The monoisotopic (exact) mass is 459 g/mol. The molecule has 1 aliphatic carbocycles. The van der Waals surface area contributed by atoms with Crippen LogP contribution in [0.15, 0.2) is 59.5 Å². The Hall–Kier alpha value is -2.35. The quantitative estimate of drug-likeness (QED) is 0.622. The van der Waals surface area contributed by atoms with Crippen LogP contribution in [-0.2, 0) is 10.0 Å². The first-order chi connectivity index (χ1) is 14.8. The SMILES string of the molecule is CNC1CCCCC1N(C)C(=O)c1cc2cc(Cl)ccc2n1S(=O)(=O)c1ccccc1. The van der Waals surface area contributed by atoms with Crippen LogP contribution in [0.3, 0.4) is 0 Å². The molecule has 1 N–H and O–H groups in total. The van der Waals surface area contributed by atoms with Crippen LogP contribution in [0.2, 0.25) is 5.02 Å². The summed E-state index contributed by atoms with van der Waals surface area (Å²) < 4.78 is 28.3. The van der Waals surface area contributed by atoms with Gasteiger partial charge in [-0.1, -0.05) is 42.6 Å². The van der Waals surface area contributed by atoms with E-state index >= 15 is 0 Å². The molecule has 2 unspecified atom stereocenters. The van der Waals surface area contributed by atoms with Crippen LogP contribution in [0.5, 0.6) is 0 Å². The van der Waals surface area contributed by atoms with Crippen molar-refractivity contribution < 1.29 is 13.2 Å².